The van der Waals surface area contributed by atoms with E-state index in [1.54, 1.807) is 24.1 Å². The number of rotatable bonds is 14. The third-order valence-electron chi connectivity index (χ3n) is 3.34. The van der Waals surface area contributed by atoms with Gasteiger partial charge in [-0.15, -0.1) is 0 Å². The normalized spacial score (nSPS) is 14.5. The summed E-state index contributed by atoms with van der Waals surface area (Å²) < 4.78 is 5.70. The highest BCUT2D eigenvalue weighted by molar-refractivity contribution is 8.08. The van der Waals surface area contributed by atoms with Gasteiger partial charge in [-0.3, -0.25) is 0 Å². The fraction of sp³-hybridized carbons (Fsp3) is 1.00. The Morgan fingerprint density at radius 2 is 1.11 bits per heavy atom. The highest BCUT2D eigenvalue weighted by Crippen LogP contribution is 2.28. The molecule has 116 valence electrons. The van der Waals surface area contributed by atoms with Crippen molar-refractivity contribution in [1.82, 2.24) is 0 Å². The fourth-order valence-corrected chi connectivity index (χ4v) is 3.75. The molecule has 0 radical (unpaired) electrons. The van der Waals surface area contributed by atoms with E-state index >= 15 is 0 Å². The lowest BCUT2D eigenvalue weighted by Gasteiger charge is -2.13. The van der Waals surface area contributed by atoms with Crippen molar-refractivity contribution in [3.05, 3.63) is 0 Å². The third kappa shape index (κ3) is 14.9. The van der Waals surface area contributed by atoms with Crippen molar-refractivity contribution in [3.63, 3.8) is 0 Å². The van der Waals surface area contributed by atoms with E-state index in [2.05, 4.69) is 27.7 Å². The number of hydrogen-bond acceptors (Lipinski definition) is 3. The Kier molecular flexibility index (Phi) is 15.6. The van der Waals surface area contributed by atoms with Crippen LogP contribution in [0.15, 0.2) is 0 Å². The molecule has 0 aromatic heterocycles. The van der Waals surface area contributed by atoms with E-state index in [0.717, 1.165) is 0 Å². The summed E-state index contributed by atoms with van der Waals surface area (Å²) in [6, 6.07) is 0. The van der Waals surface area contributed by atoms with Crippen LogP contribution in [-0.2, 0) is 3.63 Å². The Morgan fingerprint density at radius 3 is 1.47 bits per heavy atom. The van der Waals surface area contributed by atoms with Crippen molar-refractivity contribution >= 4 is 24.1 Å². The van der Waals surface area contributed by atoms with Gasteiger partial charge in [-0.2, -0.15) is 0 Å². The lowest BCUT2D eigenvalue weighted by Crippen LogP contribution is -1.99. The monoisotopic (exact) mass is 306 g/mol. The molecule has 19 heavy (non-hydrogen) atoms. The SMILES string of the molecule is CCCCCCC(C)SOSC(C)CCCCCC. The van der Waals surface area contributed by atoms with Gasteiger partial charge in [0.2, 0.25) is 0 Å². The Labute approximate surface area is 130 Å². The second-order valence-electron chi connectivity index (χ2n) is 5.58. The molecule has 0 amide bonds. The Balaban J connectivity index is 3.30. The van der Waals surface area contributed by atoms with Gasteiger partial charge in [0.15, 0.2) is 0 Å². The lowest BCUT2D eigenvalue weighted by molar-refractivity contribution is 0.611. The minimum atomic E-state index is 0.636. The third-order valence-corrected chi connectivity index (χ3v) is 5.09. The molecule has 0 aliphatic rings. The van der Waals surface area contributed by atoms with Gasteiger partial charge >= 0.3 is 0 Å². The van der Waals surface area contributed by atoms with E-state index in [4.69, 9.17) is 3.63 Å². The fourth-order valence-electron chi connectivity index (χ4n) is 1.97. The first-order chi connectivity index (χ1) is 9.20. The highest BCUT2D eigenvalue weighted by atomic mass is 32.2. The van der Waals surface area contributed by atoms with Gasteiger partial charge in [-0.05, 0) is 12.8 Å². The molecular weight excluding hydrogens is 272 g/mol. The maximum Gasteiger partial charge on any atom is 0.0295 e. The van der Waals surface area contributed by atoms with Gasteiger partial charge in [-0.25, -0.2) is 3.63 Å². The molecule has 2 atom stereocenters. The van der Waals surface area contributed by atoms with Gasteiger partial charge in [0.25, 0.3) is 0 Å². The zero-order valence-corrected chi connectivity index (χ0v) is 15.1. The molecule has 0 saturated carbocycles. The average Bonchev–Trinajstić information content (AvgIpc) is 2.40. The summed E-state index contributed by atoms with van der Waals surface area (Å²) in [5.74, 6) is 0. The summed E-state index contributed by atoms with van der Waals surface area (Å²) in [7, 11) is 0. The number of unbranched alkanes of at least 4 members (excludes halogenated alkanes) is 6. The van der Waals surface area contributed by atoms with Crippen molar-refractivity contribution in [2.45, 2.75) is 102 Å². The first-order valence-corrected chi connectivity index (χ1v) is 9.80. The molecule has 1 nitrogen and oxygen atoms in total. The molecule has 0 aromatic carbocycles. The van der Waals surface area contributed by atoms with E-state index in [0.29, 0.717) is 10.5 Å². The second kappa shape index (κ2) is 15.1. The van der Waals surface area contributed by atoms with Crippen LogP contribution in [0.3, 0.4) is 0 Å². The predicted molar refractivity (Wildman–Crippen MR) is 92.7 cm³/mol. The van der Waals surface area contributed by atoms with Crippen LogP contribution >= 0.6 is 24.1 Å². The Morgan fingerprint density at radius 1 is 0.684 bits per heavy atom. The van der Waals surface area contributed by atoms with Gasteiger partial charge in [0.05, 0.1) is 0 Å². The van der Waals surface area contributed by atoms with Gasteiger partial charge in [0, 0.05) is 34.6 Å². The lowest BCUT2D eigenvalue weighted by atomic mass is 10.1. The van der Waals surface area contributed by atoms with Crippen molar-refractivity contribution in [2.24, 2.45) is 0 Å². The minimum Gasteiger partial charge on any atom is -0.247 e. The summed E-state index contributed by atoms with van der Waals surface area (Å²) in [5.41, 5.74) is 0. The van der Waals surface area contributed by atoms with E-state index in [1.807, 2.05) is 0 Å². The summed E-state index contributed by atoms with van der Waals surface area (Å²) in [6.45, 7) is 9.09. The van der Waals surface area contributed by atoms with E-state index in [1.165, 1.54) is 64.2 Å². The standard InChI is InChI=1S/C16H34OS2/c1-5-7-9-11-13-15(3)18-17-19-16(4)14-12-10-8-6-2/h15-16H,5-14H2,1-4H3. The maximum absolute atomic E-state index is 5.70. The minimum absolute atomic E-state index is 0.636. The molecular formula is C16H34OS2. The van der Waals surface area contributed by atoms with Crippen LogP contribution in [0.2, 0.25) is 0 Å². The van der Waals surface area contributed by atoms with E-state index in [-0.39, 0.29) is 0 Å². The molecule has 0 rings (SSSR count). The quantitative estimate of drug-likeness (QED) is 0.252. The zero-order valence-electron chi connectivity index (χ0n) is 13.5. The molecule has 3 heteroatoms. The summed E-state index contributed by atoms with van der Waals surface area (Å²) in [5, 5.41) is 1.27. The van der Waals surface area contributed by atoms with Gasteiger partial charge < -0.3 is 0 Å². The molecule has 0 fully saturated rings. The first-order valence-electron chi connectivity index (χ1n) is 8.19. The topological polar surface area (TPSA) is 9.23 Å². The molecule has 0 spiro atoms. The Hall–Kier alpha value is 0.660. The molecule has 0 bridgehead atoms. The van der Waals surface area contributed by atoms with Crippen LogP contribution in [0.4, 0.5) is 0 Å². The van der Waals surface area contributed by atoms with Crippen LogP contribution in [0.25, 0.3) is 0 Å². The van der Waals surface area contributed by atoms with Gasteiger partial charge in [0.1, 0.15) is 0 Å². The molecule has 0 heterocycles. The summed E-state index contributed by atoms with van der Waals surface area (Å²) in [4.78, 5) is 0. The van der Waals surface area contributed by atoms with Gasteiger partial charge in [-0.1, -0.05) is 79.1 Å². The summed E-state index contributed by atoms with van der Waals surface area (Å²) >= 11 is 3.34. The zero-order chi connectivity index (χ0) is 14.3. The maximum atomic E-state index is 5.70. The van der Waals surface area contributed by atoms with E-state index in [9.17, 15) is 0 Å². The van der Waals surface area contributed by atoms with Crippen LogP contribution in [-0.4, -0.2) is 10.5 Å². The number of hydrogen-bond donors (Lipinski definition) is 0. The van der Waals surface area contributed by atoms with Crippen molar-refractivity contribution in [1.29, 1.82) is 0 Å². The van der Waals surface area contributed by atoms with Crippen molar-refractivity contribution in [2.75, 3.05) is 0 Å². The Bertz CT molecular complexity index is 158. The van der Waals surface area contributed by atoms with Crippen LogP contribution in [0.5, 0.6) is 0 Å². The predicted octanol–water partition coefficient (Wildman–Crippen LogP) is 7.02. The molecule has 2 unspecified atom stereocenters. The molecule has 0 aromatic rings. The van der Waals surface area contributed by atoms with Crippen LogP contribution in [0, 0.1) is 0 Å². The second-order valence-corrected chi connectivity index (χ2v) is 8.12. The average molecular weight is 307 g/mol. The molecule has 0 aliphatic carbocycles. The smallest absolute Gasteiger partial charge is 0.0295 e. The first kappa shape index (κ1) is 19.7. The summed E-state index contributed by atoms with van der Waals surface area (Å²) in [6.07, 6.45) is 13.4. The molecule has 0 N–H and O–H groups in total. The van der Waals surface area contributed by atoms with Crippen molar-refractivity contribution in [3.8, 4) is 0 Å². The van der Waals surface area contributed by atoms with Crippen LogP contribution < -0.4 is 0 Å². The van der Waals surface area contributed by atoms with Crippen LogP contribution in [0.1, 0.15) is 91.9 Å². The molecule has 0 aliphatic heterocycles. The largest absolute Gasteiger partial charge is 0.247 e. The van der Waals surface area contributed by atoms with Crippen molar-refractivity contribution < 1.29 is 3.63 Å². The van der Waals surface area contributed by atoms with E-state index < -0.39 is 0 Å². The highest BCUT2D eigenvalue weighted by Gasteiger charge is 2.07. The molecule has 0 saturated heterocycles.